The molecule has 0 fully saturated rings. The van der Waals surface area contributed by atoms with Crippen molar-refractivity contribution < 1.29 is 14.7 Å². The SMILES string of the molecule is CN(C)c1cccc(N2C(=O)C(SCCO)=C(c3ccccc3)C2=O)c1. The second-order valence-electron chi connectivity index (χ2n) is 6.00. The molecule has 5 nitrogen and oxygen atoms in total. The summed E-state index contributed by atoms with van der Waals surface area (Å²) in [4.78, 5) is 29.7. The lowest BCUT2D eigenvalue weighted by Gasteiger charge is -2.19. The van der Waals surface area contributed by atoms with Gasteiger partial charge in [0.1, 0.15) is 0 Å². The van der Waals surface area contributed by atoms with Crippen LogP contribution < -0.4 is 9.80 Å². The summed E-state index contributed by atoms with van der Waals surface area (Å²) in [6.07, 6.45) is 0. The number of hydrogen-bond donors (Lipinski definition) is 1. The van der Waals surface area contributed by atoms with Crippen molar-refractivity contribution in [3.8, 4) is 0 Å². The third-order valence-corrected chi connectivity index (χ3v) is 5.10. The normalized spacial score (nSPS) is 14.3. The lowest BCUT2D eigenvalue weighted by atomic mass is 10.1. The Morgan fingerprint density at radius 1 is 1.00 bits per heavy atom. The first-order chi connectivity index (χ1) is 12.5. The molecular weight excluding hydrogens is 348 g/mol. The van der Waals surface area contributed by atoms with E-state index in [0.29, 0.717) is 27.5 Å². The fourth-order valence-electron chi connectivity index (χ4n) is 2.80. The standard InChI is InChI=1S/C20H20N2O3S/c1-21(2)15-9-6-10-16(13-15)22-19(24)17(14-7-4-3-5-8-14)18(20(22)25)26-12-11-23/h3-10,13,23H,11-12H2,1-2H3. The Balaban J connectivity index is 2.05. The summed E-state index contributed by atoms with van der Waals surface area (Å²) in [6.45, 7) is -0.0617. The van der Waals surface area contributed by atoms with E-state index >= 15 is 0 Å². The molecule has 0 saturated carbocycles. The van der Waals surface area contributed by atoms with Gasteiger partial charge in [-0.2, -0.15) is 0 Å². The molecule has 0 unspecified atom stereocenters. The summed E-state index contributed by atoms with van der Waals surface area (Å²) in [5.41, 5.74) is 2.54. The molecule has 1 aliphatic heterocycles. The highest BCUT2D eigenvalue weighted by molar-refractivity contribution is 8.04. The monoisotopic (exact) mass is 368 g/mol. The second kappa shape index (κ2) is 7.76. The number of anilines is 2. The second-order valence-corrected chi connectivity index (χ2v) is 7.11. The van der Waals surface area contributed by atoms with E-state index in [1.807, 2.05) is 67.5 Å². The van der Waals surface area contributed by atoms with Crippen LogP contribution in [0.3, 0.4) is 0 Å². The largest absolute Gasteiger partial charge is 0.396 e. The predicted molar refractivity (Wildman–Crippen MR) is 106 cm³/mol. The van der Waals surface area contributed by atoms with Crippen LogP contribution in [-0.2, 0) is 9.59 Å². The minimum atomic E-state index is -0.344. The topological polar surface area (TPSA) is 60.9 Å². The maximum atomic E-state index is 13.1. The molecular formula is C20H20N2O3S. The molecule has 0 aromatic heterocycles. The zero-order valence-electron chi connectivity index (χ0n) is 14.7. The molecule has 0 saturated heterocycles. The molecule has 1 heterocycles. The first-order valence-corrected chi connectivity index (χ1v) is 9.22. The molecule has 2 aromatic rings. The van der Waals surface area contributed by atoms with Crippen molar-refractivity contribution in [1.82, 2.24) is 0 Å². The number of imide groups is 1. The fraction of sp³-hybridized carbons (Fsp3) is 0.200. The minimum absolute atomic E-state index is 0.0617. The maximum absolute atomic E-state index is 13.1. The summed E-state index contributed by atoms with van der Waals surface area (Å²) >= 11 is 1.21. The van der Waals surface area contributed by atoms with E-state index in [-0.39, 0.29) is 18.4 Å². The Kier molecular flexibility index (Phi) is 5.44. The van der Waals surface area contributed by atoms with Crippen molar-refractivity contribution in [2.24, 2.45) is 0 Å². The van der Waals surface area contributed by atoms with Crippen LogP contribution in [0, 0.1) is 0 Å². The van der Waals surface area contributed by atoms with Gasteiger partial charge in [-0.05, 0) is 23.8 Å². The molecule has 1 aliphatic rings. The van der Waals surface area contributed by atoms with Gasteiger partial charge < -0.3 is 10.0 Å². The molecule has 6 heteroatoms. The smallest absolute Gasteiger partial charge is 0.272 e. The predicted octanol–water partition coefficient (Wildman–Crippen LogP) is 2.76. The van der Waals surface area contributed by atoms with Gasteiger partial charge >= 0.3 is 0 Å². The third-order valence-electron chi connectivity index (χ3n) is 4.05. The van der Waals surface area contributed by atoms with Gasteiger partial charge in [0.05, 0.1) is 22.8 Å². The van der Waals surface area contributed by atoms with Crippen molar-refractivity contribution in [3.63, 3.8) is 0 Å². The Morgan fingerprint density at radius 2 is 1.73 bits per heavy atom. The molecule has 0 radical (unpaired) electrons. The van der Waals surface area contributed by atoms with Crippen LogP contribution in [0.5, 0.6) is 0 Å². The molecule has 0 spiro atoms. The van der Waals surface area contributed by atoms with Crippen LogP contribution in [-0.4, -0.2) is 43.4 Å². The lowest BCUT2D eigenvalue weighted by Crippen LogP contribution is -2.31. The van der Waals surface area contributed by atoms with Gasteiger partial charge in [-0.15, -0.1) is 11.8 Å². The molecule has 0 aliphatic carbocycles. The first-order valence-electron chi connectivity index (χ1n) is 8.24. The van der Waals surface area contributed by atoms with Gasteiger partial charge in [-0.3, -0.25) is 9.59 Å². The fourth-order valence-corrected chi connectivity index (χ4v) is 3.66. The van der Waals surface area contributed by atoms with Crippen LogP contribution in [0.1, 0.15) is 5.56 Å². The van der Waals surface area contributed by atoms with E-state index in [2.05, 4.69) is 0 Å². The number of hydrogen-bond acceptors (Lipinski definition) is 5. The maximum Gasteiger partial charge on any atom is 0.272 e. The van der Waals surface area contributed by atoms with Crippen LogP contribution >= 0.6 is 11.8 Å². The summed E-state index contributed by atoms with van der Waals surface area (Å²) in [5, 5.41) is 9.16. The Hall–Kier alpha value is -2.57. The summed E-state index contributed by atoms with van der Waals surface area (Å²) < 4.78 is 0. The number of amides is 2. The number of aliphatic hydroxyl groups is 1. The zero-order chi connectivity index (χ0) is 18.7. The van der Waals surface area contributed by atoms with Gasteiger partial charge in [0, 0.05) is 25.5 Å². The van der Waals surface area contributed by atoms with Crippen molar-refractivity contribution >= 4 is 40.5 Å². The number of aliphatic hydroxyl groups excluding tert-OH is 1. The molecule has 0 atom stereocenters. The van der Waals surface area contributed by atoms with Crippen molar-refractivity contribution in [1.29, 1.82) is 0 Å². The molecule has 26 heavy (non-hydrogen) atoms. The molecule has 2 aromatic carbocycles. The Bertz CT molecular complexity index is 862. The van der Waals surface area contributed by atoms with Crippen LogP contribution in [0.4, 0.5) is 11.4 Å². The quantitative estimate of drug-likeness (QED) is 0.795. The number of rotatable bonds is 6. The van der Waals surface area contributed by atoms with Gasteiger partial charge in [0.2, 0.25) is 0 Å². The Labute approximate surface area is 156 Å². The van der Waals surface area contributed by atoms with E-state index in [0.717, 1.165) is 5.69 Å². The summed E-state index contributed by atoms with van der Waals surface area (Å²) in [7, 11) is 3.81. The number of nitrogens with zero attached hydrogens (tertiary/aromatic N) is 2. The van der Waals surface area contributed by atoms with Crippen molar-refractivity contribution in [3.05, 3.63) is 65.1 Å². The number of benzene rings is 2. The van der Waals surface area contributed by atoms with Gasteiger partial charge in [0.15, 0.2) is 0 Å². The summed E-state index contributed by atoms with van der Waals surface area (Å²) in [5.74, 6) is -0.322. The van der Waals surface area contributed by atoms with Crippen molar-refractivity contribution in [2.45, 2.75) is 0 Å². The summed E-state index contributed by atoms with van der Waals surface area (Å²) in [6, 6.07) is 16.5. The average molecular weight is 368 g/mol. The molecule has 2 amide bonds. The molecule has 1 N–H and O–H groups in total. The van der Waals surface area contributed by atoms with E-state index in [1.54, 1.807) is 6.07 Å². The highest BCUT2D eigenvalue weighted by Gasteiger charge is 2.40. The minimum Gasteiger partial charge on any atom is -0.396 e. The van der Waals surface area contributed by atoms with Crippen molar-refractivity contribution in [2.75, 3.05) is 36.3 Å². The van der Waals surface area contributed by atoms with Gasteiger partial charge in [-0.1, -0.05) is 36.4 Å². The highest BCUT2D eigenvalue weighted by Crippen LogP contribution is 2.38. The third kappa shape index (κ3) is 3.38. The number of carbonyl (C=O) groups excluding carboxylic acids is 2. The zero-order valence-corrected chi connectivity index (χ0v) is 15.5. The average Bonchev–Trinajstić information content (AvgIpc) is 2.90. The van der Waals surface area contributed by atoms with E-state index in [1.165, 1.54) is 16.7 Å². The van der Waals surface area contributed by atoms with E-state index in [4.69, 9.17) is 5.11 Å². The van der Waals surface area contributed by atoms with Crippen LogP contribution in [0.25, 0.3) is 5.57 Å². The van der Waals surface area contributed by atoms with Gasteiger partial charge in [-0.25, -0.2) is 4.90 Å². The first kappa shape index (κ1) is 18.2. The molecule has 3 rings (SSSR count). The van der Waals surface area contributed by atoms with Crippen LogP contribution in [0.2, 0.25) is 0 Å². The molecule has 134 valence electrons. The van der Waals surface area contributed by atoms with E-state index in [9.17, 15) is 9.59 Å². The van der Waals surface area contributed by atoms with Gasteiger partial charge in [0.25, 0.3) is 11.8 Å². The van der Waals surface area contributed by atoms with E-state index < -0.39 is 0 Å². The highest BCUT2D eigenvalue weighted by atomic mass is 32.2. The lowest BCUT2D eigenvalue weighted by molar-refractivity contribution is -0.119. The number of thioether (sulfide) groups is 1. The van der Waals surface area contributed by atoms with Crippen LogP contribution in [0.15, 0.2) is 59.5 Å². The molecule has 0 bridgehead atoms. The number of carbonyl (C=O) groups is 2. The Morgan fingerprint density at radius 3 is 2.38 bits per heavy atom.